The van der Waals surface area contributed by atoms with Crippen LogP contribution in [-0.4, -0.2) is 22.6 Å². The van der Waals surface area contributed by atoms with E-state index in [0.717, 1.165) is 12.1 Å². The van der Waals surface area contributed by atoms with Gasteiger partial charge in [0.2, 0.25) is 0 Å². The zero-order valence-electron chi connectivity index (χ0n) is 11.8. The molecule has 0 aromatic heterocycles. The van der Waals surface area contributed by atoms with Crippen LogP contribution in [0.15, 0.2) is 45.8 Å². The van der Waals surface area contributed by atoms with Crippen LogP contribution >= 0.6 is 15.9 Å². The van der Waals surface area contributed by atoms with E-state index in [1.54, 1.807) is 0 Å². The Morgan fingerprint density at radius 3 is 2.32 bits per heavy atom. The van der Waals surface area contributed by atoms with Crippen molar-refractivity contribution in [3.05, 3.63) is 46.7 Å². The van der Waals surface area contributed by atoms with Crippen molar-refractivity contribution in [2.24, 2.45) is 0 Å². The van der Waals surface area contributed by atoms with Crippen LogP contribution in [0.4, 0.5) is 10.1 Å². The van der Waals surface area contributed by atoms with Gasteiger partial charge < -0.3 is 9.47 Å². The molecule has 1 N–H and O–H groups in total. The molecule has 2 aromatic rings. The SMILES string of the molecule is COc1ccc(S(=O)(=O)Nc2ccc(F)cc2OC)cc1Br. The average molecular weight is 390 g/mol. The van der Waals surface area contributed by atoms with Crippen LogP contribution in [0.3, 0.4) is 0 Å². The third-order valence-electron chi connectivity index (χ3n) is 2.84. The molecule has 8 heteroatoms. The van der Waals surface area contributed by atoms with E-state index in [4.69, 9.17) is 9.47 Å². The predicted octanol–water partition coefficient (Wildman–Crippen LogP) is 3.41. The minimum atomic E-state index is -3.84. The number of nitrogens with one attached hydrogen (secondary N) is 1. The molecule has 0 atom stereocenters. The van der Waals surface area contributed by atoms with Crippen LogP contribution in [-0.2, 0) is 10.0 Å². The molecule has 0 aliphatic rings. The zero-order chi connectivity index (χ0) is 16.3. The molecule has 2 rings (SSSR count). The van der Waals surface area contributed by atoms with Gasteiger partial charge in [-0.05, 0) is 46.3 Å². The number of hydrogen-bond acceptors (Lipinski definition) is 4. The zero-order valence-corrected chi connectivity index (χ0v) is 14.2. The summed E-state index contributed by atoms with van der Waals surface area (Å²) in [7, 11) is -1.03. The second-order valence-corrected chi connectivity index (χ2v) is 6.78. The van der Waals surface area contributed by atoms with Crippen LogP contribution in [0, 0.1) is 5.82 Å². The molecule has 0 unspecified atom stereocenters. The number of hydrogen-bond donors (Lipinski definition) is 1. The van der Waals surface area contributed by atoms with E-state index in [9.17, 15) is 12.8 Å². The van der Waals surface area contributed by atoms with Gasteiger partial charge >= 0.3 is 0 Å². The van der Waals surface area contributed by atoms with Gasteiger partial charge in [-0.2, -0.15) is 0 Å². The molecule has 0 heterocycles. The first-order valence-corrected chi connectivity index (χ1v) is 8.35. The Labute approximate surface area is 136 Å². The number of rotatable bonds is 5. The van der Waals surface area contributed by atoms with E-state index in [2.05, 4.69) is 20.7 Å². The van der Waals surface area contributed by atoms with Gasteiger partial charge in [0.15, 0.2) is 0 Å². The number of methoxy groups -OCH3 is 2. The van der Waals surface area contributed by atoms with E-state index in [-0.39, 0.29) is 16.3 Å². The summed E-state index contributed by atoms with van der Waals surface area (Å²) in [6, 6.07) is 7.88. The topological polar surface area (TPSA) is 64.6 Å². The first kappa shape index (κ1) is 16.6. The van der Waals surface area contributed by atoms with E-state index in [1.165, 1.54) is 38.5 Å². The van der Waals surface area contributed by atoms with Crippen molar-refractivity contribution in [1.82, 2.24) is 0 Å². The summed E-state index contributed by atoms with van der Waals surface area (Å²) in [6.45, 7) is 0. The number of ether oxygens (including phenoxy) is 2. The highest BCUT2D eigenvalue weighted by Crippen LogP contribution is 2.30. The van der Waals surface area contributed by atoms with Crippen LogP contribution in [0.25, 0.3) is 0 Å². The third-order valence-corrected chi connectivity index (χ3v) is 4.82. The maximum absolute atomic E-state index is 13.1. The second kappa shape index (κ2) is 6.53. The highest BCUT2D eigenvalue weighted by atomic mass is 79.9. The number of anilines is 1. The Morgan fingerprint density at radius 1 is 1.05 bits per heavy atom. The lowest BCUT2D eigenvalue weighted by Gasteiger charge is -2.12. The smallest absolute Gasteiger partial charge is 0.262 e. The number of halogens is 2. The Hall–Kier alpha value is -1.80. The van der Waals surface area contributed by atoms with Gasteiger partial charge in [0.1, 0.15) is 17.3 Å². The summed E-state index contributed by atoms with van der Waals surface area (Å²) < 4.78 is 50.8. The molecule has 0 spiro atoms. The van der Waals surface area contributed by atoms with Crippen LogP contribution in [0.2, 0.25) is 0 Å². The third kappa shape index (κ3) is 3.50. The van der Waals surface area contributed by atoms with Gasteiger partial charge in [0, 0.05) is 6.07 Å². The van der Waals surface area contributed by atoms with Gasteiger partial charge in [-0.3, -0.25) is 4.72 Å². The summed E-state index contributed by atoms with van der Waals surface area (Å²) in [6.07, 6.45) is 0. The highest BCUT2D eigenvalue weighted by molar-refractivity contribution is 9.10. The fourth-order valence-corrected chi connectivity index (χ4v) is 3.56. The molecule has 0 aliphatic carbocycles. The van der Waals surface area contributed by atoms with Crippen molar-refractivity contribution in [1.29, 1.82) is 0 Å². The number of sulfonamides is 1. The predicted molar refractivity (Wildman–Crippen MR) is 84.5 cm³/mol. The standard InChI is InChI=1S/C14H13BrFNO4S/c1-20-13-6-4-10(8-11(13)15)22(18,19)17-12-5-3-9(16)7-14(12)21-2/h3-8,17H,1-2H3. The van der Waals surface area contributed by atoms with Gasteiger partial charge in [-0.25, -0.2) is 12.8 Å². The van der Waals surface area contributed by atoms with Gasteiger partial charge in [-0.1, -0.05) is 0 Å². The molecule has 0 aliphatic heterocycles. The number of benzene rings is 2. The largest absolute Gasteiger partial charge is 0.496 e. The van der Waals surface area contributed by atoms with E-state index < -0.39 is 15.8 Å². The summed E-state index contributed by atoms with van der Waals surface area (Å²) in [5.74, 6) is 0.0847. The van der Waals surface area contributed by atoms with Crippen molar-refractivity contribution in [3.63, 3.8) is 0 Å². The van der Waals surface area contributed by atoms with Crippen molar-refractivity contribution in [3.8, 4) is 11.5 Å². The molecule has 0 radical (unpaired) electrons. The lowest BCUT2D eigenvalue weighted by molar-refractivity contribution is 0.411. The Morgan fingerprint density at radius 2 is 1.73 bits per heavy atom. The maximum Gasteiger partial charge on any atom is 0.262 e. The lowest BCUT2D eigenvalue weighted by Crippen LogP contribution is -2.13. The van der Waals surface area contributed by atoms with Gasteiger partial charge in [0.25, 0.3) is 10.0 Å². The molecule has 0 amide bonds. The highest BCUT2D eigenvalue weighted by Gasteiger charge is 2.18. The molecule has 118 valence electrons. The average Bonchev–Trinajstić information content (AvgIpc) is 2.48. The Kier molecular flexibility index (Phi) is 4.92. The lowest BCUT2D eigenvalue weighted by atomic mass is 10.3. The molecule has 0 saturated heterocycles. The minimum Gasteiger partial charge on any atom is -0.496 e. The molecule has 0 bridgehead atoms. The monoisotopic (exact) mass is 389 g/mol. The fourth-order valence-electron chi connectivity index (χ4n) is 1.77. The molecular formula is C14H13BrFNO4S. The quantitative estimate of drug-likeness (QED) is 0.850. The van der Waals surface area contributed by atoms with Crippen LogP contribution in [0.5, 0.6) is 11.5 Å². The van der Waals surface area contributed by atoms with Gasteiger partial charge in [0.05, 0.1) is 29.3 Å². The van der Waals surface area contributed by atoms with E-state index in [1.807, 2.05) is 0 Å². The summed E-state index contributed by atoms with van der Waals surface area (Å²) in [5, 5.41) is 0. The maximum atomic E-state index is 13.1. The van der Waals surface area contributed by atoms with E-state index in [0.29, 0.717) is 10.2 Å². The first-order chi connectivity index (χ1) is 10.4. The Balaban J connectivity index is 2.38. The summed E-state index contributed by atoms with van der Waals surface area (Å²) in [5.41, 5.74) is 0.149. The molecule has 0 saturated carbocycles. The molecule has 22 heavy (non-hydrogen) atoms. The molecular weight excluding hydrogens is 377 g/mol. The fraction of sp³-hybridized carbons (Fsp3) is 0.143. The summed E-state index contributed by atoms with van der Waals surface area (Å²) >= 11 is 3.23. The summed E-state index contributed by atoms with van der Waals surface area (Å²) in [4.78, 5) is 0.0338. The van der Waals surface area contributed by atoms with Crippen molar-refractivity contribution in [2.75, 3.05) is 18.9 Å². The molecule has 0 fully saturated rings. The van der Waals surface area contributed by atoms with Gasteiger partial charge in [-0.15, -0.1) is 0 Å². The minimum absolute atomic E-state index is 0.0338. The second-order valence-electron chi connectivity index (χ2n) is 4.25. The van der Waals surface area contributed by atoms with Crippen LogP contribution in [0.1, 0.15) is 0 Å². The van der Waals surface area contributed by atoms with Crippen molar-refractivity contribution in [2.45, 2.75) is 4.90 Å². The van der Waals surface area contributed by atoms with E-state index >= 15 is 0 Å². The van der Waals surface area contributed by atoms with Crippen molar-refractivity contribution >= 4 is 31.6 Å². The first-order valence-electron chi connectivity index (χ1n) is 6.07. The Bertz CT molecular complexity index is 795. The van der Waals surface area contributed by atoms with Crippen LogP contribution < -0.4 is 14.2 Å². The molecule has 5 nitrogen and oxygen atoms in total. The molecule has 2 aromatic carbocycles. The van der Waals surface area contributed by atoms with Crippen molar-refractivity contribution < 1.29 is 22.3 Å². The normalized spacial score (nSPS) is 11.1.